The number of thiophene rings is 1. The molecule has 0 aliphatic heterocycles. The molecule has 2 nitrogen and oxygen atoms in total. The fraction of sp³-hybridized carbons (Fsp3) is 0.286. The first-order valence-electron chi connectivity index (χ1n) is 5.75. The van der Waals surface area contributed by atoms with Crippen molar-refractivity contribution in [1.82, 2.24) is 5.32 Å². The van der Waals surface area contributed by atoms with E-state index in [1.807, 2.05) is 12.1 Å². The molecule has 1 aromatic heterocycles. The largest absolute Gasteiger partial charge is 0.497 e. The van der Waals surface area contributed by atoms with E-state index in [0.29, 0.717) is 0 Å². The first-order chi connectivity index (χ1) is 8.70. The summed E-state index contributed by atoms with van der Waals surface area (Å²) in [5.41, 5.74) is 3.94. The Kier molecular flexibility index (Phi) is 4.80. The Balaban J connectivity index is 1.96. The molecule has 0 aliphatic carbocycles. The van der Waals surface area contributed by atoms with Gasteiger partial charge in [-0.05, 0) is 52.6 Å². The number of methoxy groups -OCH3 is 1. The highest BCUT2D eigenvalue weighted by molar-refractivity contribution is 9.10. The normalized spacial score (nSPS) is 10.6. The van der Waals surface area contributed by atoms with Crippen LogP contribution in [0.3, 0.4) is 0 Å². The molecule has 0 unspecified atom stereocenters. The van der Waals surface area contributed by atoms with Crippen molar-refractivity contribution in [2.75, 3.05) is 7.11 Å². The highest BCUT2D eigenvalue weighted by Crippen LogP contribution is 2.22. The zero-order chi connectivity index (χ0) is 13.0. The van der Waals surface area contributed by atoms with Crippen molar-refractivity contribution in [3.63, 3.8) is 0 Å². The minimum Gasteiger partial charge on any atom is -0.497 e. The third-order valence-electron chi connectivity index (χ3n) is 2.85. The fourth-order valence-electron chi connectivity index (χ4n) is 1.71. The third kappa shape index (κ3) is 3.34. The Morgan fingerprint density at radius 2 is 2.00 bits per heavy atom. The van der Waals surface area contributed by atoms with Gasteiger partial charge in [-0.2, -0.15) is 11.3 Å². The van der Waals surface area contributed by atoms with Gasteiger partial charge >= 0.3 is 0 Å². The molecule has 0 saturated heterocycles. The Labute approximate surface area is 120 Å². The SMILES string of the molecule is COc1ccc(Br)c(CNCc2cscc2C)c1. The van der Waals surface area contributed by atoms with E-state index in [4.69, 9.17) is 4.74 Å². The van der Waals surface area contributed by atoms with Gasteiger partial charge < -0.3 is 10.1 Å². The first kappa shape index (κ1) is 13.6. The van der Waals surface area contributed by atoms with Crippen molar-refractivity contribution in [2.24, 2.45) is 0 Å². The number of ether oxygens (including phenoxy) is 1. The predicted octanol–water partition coefficient (Wildman–Crippen LogP) is 4.12. The van der Waals surface area contributed by atoms with Gasteiger partial charge in [0.1, 0.15) is 5.75 Å². The van der Waals surface area contributed by atoms with Crippen LogP contribution in [0.2, 0.25) is 0 Å². The van der Waals surface area contributed by atoms with Gasteiger partial charge in [0.05, 0.1) is 7.11 Å². The van der Waals surface area contributed by atoms with Crippen molar-refractivity contribution in [1.29, 1.82) is 0 Å². The summed E-state index contributed by atoms with van der Waals surface area (Å²) >= 11 is 5.31. The first-order valence-corrected chi connectivity index (χ1v) is 7.49. The lowest BCUT2D eigenvalue weighted by atomic mass is 10.2. The number of hydrogen-bond donors (Lipinski definition) is 1. The number of rotatable bonds is 5. The zero-order valence-corrected chi connectivity index (χ0v) is 12.9. The molecule has 0 radical (unpaired) electrons. The lowest BCUT2D eigenvalue weighted by Crippen LogP contribution is -2.13. The monoisotopic (exact) mass is 325 g/mol. The second-order valence-electron chi connectivity index (χ2n) is 4.14. The van der Waals surface area contributed by atoms with Crippen molar-refractivity contribution in [3.05, 3.63) is 50.1 Å². The van der Waals surface area contributed by atoms with Crippen LogP contribution >= 0.6 is 27.3 Å². The van der Waals surface area contributed by atoms with Gasteiger partial charge in [0.15, 0.2) is 0 Å². The molecule has 0 atom stereocenters. The number of nitrogens with one attached hydrogen (secondary N) is 1. The van der Waals surface area contributed by atoms with Crippen LogP contribution in [0.25, 0.3) is 0 Å². The molecule has 0 fully saturated rings. The number of aryl methyl sites for hydroxylation is 1. The molecule has 2 aromatic rings. The Morgan fingerprint density at radius 3 is 2.67 bits per heavy atom. The molecule has 1 N–H and O–H groups in total. The van der Waals surface area contributed by atoms with E-state index in [0.717, 1.165) is 23.3 Å². The second-order valence-corrected chi connectivity index (χ2v) is 5.74. The predicted molar refractivity (Wildman–Crippen MR) is 80.3 cm³/mol. The molecular weight excluding hydrogens is 310 g/mol. The minimum atomic E-state index is 0.826. The van der Waals surface area contributed by atoms with E-state index >= 15 is 0 Å². The summed E-state index contributed by atoms with van der Waals surface area (Å²) in [6.45, 7) is 3.88. The van der Waals surface area contributed by atoms with Crippen molar-refractivity contribution in [3.8, 4) is 5.75 Å². The molecule has 1 heterocycles. The van der Waals surface area contributed by atoms with E-state index in [-0.39, 0.29) is 0 Å². The Hall–Kier alpha value is -0.840. The average molecular weight is 326 g/mol. The highest BCUT2D eigenvalue weighted by atomic mass is 79.9. The summed E-state index contributed by atoms with van der Waals surface area (Å²) < 4.78 is 6.34. The van der Waals surface area contributed by atoms with Gasteiger partial charge in [-0.15, -0.1) is 0 Å². The van der Waals surface area contributed by atoms with Crippen molar-refractivity contribution >= 4 is 27.3 Å². The molecule has 0 saturated carbocycles. The minimum absolute atomic E-state index is 0.826. The van der Waals surface area contributed by atoms with Crippen LogP contribution in [-0.2, 0) is 13.1 Å². The molecule has 0 bridgehead atoms. The lowest BCUT2D eigenvalue weighted by molar-refractivity contribution is 0.414. The molecule has 1 aromatic carbocycles. The fourth-order valence-corrected chi connectivity index (χ4v) is 2.96. The molecule has 0 aliphatic rings. The lowest BCUT2D eigenvalue weighted by Gasteiger charge is -2.09. The molecule has 0 spiro atoms. The molecule has 96 valence electrons. The van der Waals surface area contributed by atoms with Crippen molar-refractivity contribution in [2.45, 2.75) is 20.0 Å². The van der Waals surface area contributed by atoms with Crippen LogP contribution < -0.4 is 10.1 Å². The maximum atomic E-state index is 5.23. The smallest absolute Gasteiger partial charge is 0.119 e. The Bertz CT molecular complexity index is 524. The Morgan fingerprint density at radius 1 is 1.22 bits per heavy atom. The molecular formula is C14H16BrNOS. The van der Waals surface area contributed by atoms with Crippen LogP contribution in [-0.4, -0.2) is 7.11 Å². The van der Waals surface area contributed by atoms with Crippen LogP contribution in [0.15, 0.2) is 33.4 Å². The summed E-state index contributed by atoms with van der Waals surface area (Å²) in [6, 6.07) is 6.03. The number of hydrogen-bond acceptors (Lipinski definition) is 3. The van der Waals surface area contributed by atoms with Gasteiger partial charge in [0.25, 0.3) is 0 Å². The molecule has 0 amide bonds. The van der Waals surface area contributed by atoms with Crippen molar-refractivity contribution < 1.29 is 4.74 Å². The molecule has 4 heteroatoms. The van der Waals surface area contributed by atoms with Crippen LogP contribution in [0.1, 0.15) is 16.7 Å². The van der Waals surface area contributed by atoms with Gasteiger partial charge in [-0.3, -0.25) is 0 Å². The highest BCUT2D eigenvalue weighted by Gasteiger charge is 2.03. The van der Waals surface area contributed by atoms with E-state index < -0.39 is 0 Å². The van der Waals surface area contributed by atoms with Gasteiger partial charge in [-0.1, -0.05) is 15.9 Å². The summed E-state index contributed by atoms with van der Waals surface area (Å²) in [5.74, 6) is 0.890. The van der Waals surface area contributed by atoms with Crippen LogP contribution in [0, 0.1) is 6.92 Å². The van der Waals surface area contributed by atoms with Gasteiger partial charge in [0, 0.05) is 17.6 Å². The summed E-state index contributed by atoms with van der Waals surface area (Å²) in [7, 11) is 1.69. The summed E-state index contributed by atoms with van der Waals surface area (Å²) in [6.07, 6.45) is 0. The molecule has 18 heavy (non-hydrogen) atoms. The van der Waals surface area contributed by atoms with E-state index in [1.165, 1.54) is 16.7 Å². The summed E-state index contributed by atoms with van der Waals surface area (Å²) in [4.78, 5) is 0. The van der Waals surface area contributed by atoms with Gasteiger partial charge in [-0.25, -0.2) is 0 Å². The zero-order valence-electron chi connectivity index (χ0n) is 10.5. The van der Waals surface area contributed by atoms with E-state index in [9.17, 15) is 0 Å². The van der Waals surface area contributed by atoms with Crippen LogP contribution in [0.4, 0.5) is 0 Å². The maximum absolute atomic E-state index is 5.23. The van der Waals surface area contributed by atoms with Crippen LogP contribution in [0.5, 0.6) is 5.75 Å². The number of benzene rings is 1. The average Bonchev–Trinajstić information content (AvgIpc) is 2.77. The number of halogens is 1. The van der Waals surface area contributed by atoms with E-state index in [2.05, 4.69) is 45.0 Å². The maximum Gasteiger partial charge on any atom is 0.119 e. The standard InChI is InChI=1S/C14H16BrNOS/c1-10-8-18-9-12(10)7-16-6-11-5-13(17-2)3-4-14(11)15/h3-5,8-9,16H,6-7H2,1-2H3. The third-order valence-corrected chi connectivity index (χ3v) is 4.53. The second kappa shape index (κ2) is 6.36. The molecule has 2 rings (SSSR count). The summed E-state index contributed by atoms with van der Waals surface area (Å²) in [5, 5.41) is 7.83. The van der Waals surface area contributed by atoms with E-state index in [1.54, 1.807) is 18.4 Å². The van der Waals surface area contributed by atoms with Gasteiger partial charge in [0.2, 0.25) is 0 Å². The quantitative estimate of drug-likeness (QED) is 0.892. The topological polar surface area (TPSA) is 21.3 Å².